The number of esters is 1. The van der Waals surface area contributed by atoms with Crippen LogP contribution in [0.3, 0.4) is 0 Å². The van der Waals surface area contributed by atoms with Crippen molar-refractivity contribution in [3.8, 4) is 22.5 Å². The smallest absolute Gasteiger partial charge is 0.307 e. The summed E-state index contributed by atoms with van der Waals surface area (Å²) in [5.74, 6) is -0.325. The molecule has 5 aromatic rings. The normalized spacial score (nSPS) is 15.8. The molecule has 42 heavy (non-hydrogen) atoms. The van der Waals surface area contributed by atoms with Gasteiger partial charge in [0.25, 0.3) is 0 Å². The van der Waals surface area contributed by atoms with Gasteiger partial charge in [-0.05, 0) is 49.4 Å². The number of H-pyrrole nitrogens is 2. The molecule has 0 saturated carbocycles. The van der Waals surface area contributed by atoms with E-state index in [1.165, 1.54) is 0 Å². The van der Waals surface area contributed by atoms with Crippen LogP contribution in [0.25, 0.3) is 33.4 Å². The predicted molar refractivity (Wildman–Crippen MR) is 165 cm³/mol. The van der Waals surface area contributed by atoms with Crippen molar-refractivity contribution in [3.05, 3.63) is 101 Å². The predicted octanol–water partition coefficient (Wildman–Crippen LogP) is 7.67. The molecule has 1 aliphatic heterocycles. The number of aromatic amines is 2. The van der Waals surface area contributed by atoms with Crippen molar-refractivity contribution in [2.24, 2.45) is 0 Å². The van der Waals surface area contributed by atoms with Gasteiger partial charge in [-0.15, -0.1) is 0 Å². The van der Waals surface area contributed by atoms with Crippen molar-refractivity contribution in [2.75, 3.05) is 6.54 Å². The van der Waals surface area contributed by atoms with E-state index in [0.717, 1.165) is 57.6 Å². The Hall–Kier alpha value is -4.36. The number of nitrogens with zero attached hydrogens (tertiary/aromatic N) is 2. The number of aromatic nitrogens is 3. The van der Waals surface area contributed by atoms with Crippen molar-refractivity contribution < 1.29 is 14.3 Å². The van der Waals surface area contributed by atoms with Crippen molar-refractivity contribution in [1.29, 1.82) is 0 Å². The van der Waals surface area contributed by atoms with E-state index in [9.17, 15) is 9.59 Å². The lowest BCUT2D eigenvalue weighted by Gasteiger charge is -2.28. The summed E-state index contributed by atoms with van der Waals surface area (Å²) >= 11 is 6.67. The monoisotopic (exact) mass is 580 g/mol. The number of ether oxygens (including phenoxy) is 1. The number of hydrogen-bond acceptors (Lipinski definition) is 4. The maximum Gasteiger partial charge on any atom is 0.307 e. The molecule has 8 heteroatoms. The van der Waals surface area contributed by atoms with E-state index in [1.807, 2.05) is 104 Å². The number of hydrogen-bond donors (Lipinski definition) is 2. The van der Waals surface area contributed by atoms with E-state index in [4.69, 9.17) is 21.3 Å². The molecule has 2 atom stereocenters. The minimum Gasteiger partial charge on any atom is -0.463 e. The minimum atomic E-state index is -0.614. The van der Waals surface area contributed by atoms with E-state index < -0.39 is 5.92 Å². The van der Waals surface area contributed by atoms with Crippen LogP contribution >= 0.6 is 11.6 Å². The largest absolute Gasteiger partial charge is 0.463 e. The highest BCUT2D eigenvalue weighted by molar-refractivity contribution is 6.38. The molecule has 0 unspecified atom stereocenters. The summed E-state index contributed by atoms with van der Waals surface area (Å²) in [5.41, 5.74) is 5.55. The molecular weight excluding hydrogens is 548 g/mol. The lowest BCUT2D eigenvalue weighted by molar-refractivity contribution is -0.150. The summed E-state index contributed by atoms with van der Waals surface area (Å²) in [4.78, 5) is 40.0. The minimum absolute atomic E-state index is 0.000386. The summed E-state index contributed by atoms with van der Waals surface area (Å²) in [6.45, 7) is 4.24. The number of likely N-dealkylation sites (tertiary alicyclic amines) is 1. The van der Waals surface area contributed by atoms with E-state index >= 15 is 0 Å². The molecule has 0 radical (unpaired) electrons. The second kappa shape index (κ2) is 11.9. The second-order valence-electron chi connectivity index (χ2n) is 11.0. The Morgan fingerprint density at radius 2 is 1.69 bits per heavy atom. The average molecular weight is 581 g/mol. The third kappa shape index (κ3) is 5.57. The van der Waals surface area contributed by atoms with Gasteiger partial charge >= 0.3 is 5.97 Å². The van der Waals surface area contributed by atoms with Crippen molar-refractivity contribution in [2.45, 2.75) is 51.2 Å². The number of carbonyl (C=O) groups excluding carboxylic acids is 2. The Bertz CT molecular complexity index is 1710. The maximum absolute atomic E-state index is 14.0. The van der Waals surface area contributed by atoms with Gasteiger partial charge in [0.2, 0.25) is 5.91 Å². The lowest BCUT2D eigenvalue weighted by atomic mass is 9.93. The summed E-state index contributed by atoms with van der Waals surface area (Å²) in [6, 6.07) is 25.4. The molecule has 214 valence electrons. The molecule has 6 rings (SSSR count). The molecule has 2 N–H and O–H groups in total. The Labute approximate surface area is 249 Å². The molecule has 0 bridgehead atoms. The lowest BCUT2D eigenvalue weighted by Crippen LogP contribution is -2.36. The number of rotatable bonds is 8. The third-order valence-electron chi connectivity index (χ3n) is 7.81. The zero-order valence-corrected chi connectivity index (χ0v) is 24.4. The van der Waals surface area contributed by atoms with Crippen LogP contribution in [0.1, 0.15) is 56.5 Å². The first-order valence-electron chi connectivity index (χ1n) is 14.4. The van der Waals surface area contributed by atoms with E-state index in [-0.39, 0.29) is 30.4 Å². The number of nitrogens with one attached hydrogen (secondary N) is 2. The Kier molecular flexibility index (Phi) is 7.85. The van der Waals surface area contributed by atoms with Gasteiger partial charge in [-0.3, -0.25) is 9.59 Å². The molecule has 1 amide bonds. The van der Waals surface area contributed by atoms with Crippen LogP contribution in [0, 0.1) is 0 Å². The van der Waals surface area contributed by atoms with Gasteiger partial charge in [-0.25, -0.2) is 4.98 Å². The summed E-state index contributed by atoms with van der Waals surface area (Å²) in [7, 11) is 0. The molecule has 1 aliphatic rings. The van der Waals surface area contributed by atoms with Crippen molar-refractivity contribution in [3.63, 3.8) is 0 Å². The first kappa shape index (κ1) is 27.8. The summed E-state index contributed by atoms with van der Waals surface area (Å²) in [6.07, 6.45) is 3.24. The third-order valence-corrected chi connectivity index (χ3v) is 8.20. The van der Waals surface area contributed by atoms with Gasteiger partial charge in [0, 0.05) is 17.4 Å². The van der Waals surface area contributed by atoms with Crippen molar-refractivity contribution in [1.82, 2.24) is 19.9 Å². The topological polar surface area (TPSA) is 91.1 Å². The molecular formula is C34H33ClN4O3. The highest BCUT2D eigenvalue weighted by Gasteiger charge is 2.37. The van der Waals surface area contributed by atoms with E-state index in [0.29, 0.717) is 11.6 Å². The van der Waals surface area contributed by atoms with Gasteiger partial charge in [0.05, 0.1) is 47.1 Å². The molecule has 3 heterocycles. The Morgan fingerprint density at radius 3 is 2.43 bits per heavy atom. The van der Waals surface area contributed by atoms with Gasteiger partial charge in [0.1, 0.15) is 5.82 Å². The van der Waals surface area contributed by atoms with Crippen molar-refractivity contribution >= 4 is 34.4 Å². The highest BCUT2D eigenvalue weighted by atomic mass is 35.5. The van der Waals surface area contributed by atoms with Crippen LogP contribution in [0.15, 0.2) is 85.1 Å². The van der Waals surface area contributed by atoms with Gasteiger partial charge in [-0.1, -0.05) is 84.4 Å². The fourth-order valence-corrected chi connectivity index (χ4v) is 6.12. The fourth-order valence-electron chi connectivity index (χ4n) is 5.80. The highest BCUT2D eigenvalue weighted by Crippen LogP contribution is 2.37. The van der Waals surface area contributed by atoms with Crippen LogP contribution in [0.4, 0.5) is 0 Å². The molecule has 0 spiro atoms. The fraction of sp³-hybridized carbons (Fsp3) is 0.265. The Morgan fingerprint density at radius 1 is 0.976 bits per heavy atom. The number of halogens is 1. The van der Waals surface area contributed by atoms with Crippen LogP contribution in [0.5, 0.6) is 0 Å². The molecule has 3 aromatic carbocycles. The number of imidazole rings is 1. The summed E-state index contributed by atoms with van der Waals surface area (Å²) < 4.78 is 5.40. The van der Waals surface area contributed by atoms with Crippen LogP contribution in [-0.4, -0.2) is 44.4 Å². The van der Waals surface area contributed by atoms with Gasteiger partial charge < -0.3 is 19.6 Å². The number of para-hydroxylation sites is 1. The Balaban J connectivity index is 1.22. The van der Waals surface area contributed by atoms with Gasteiger partial charge in [0.15, 0.2) is 0 Å². The first-order chi connectivity index (χ1) is 20.4. The van der Waals surface area contributed by atoms with Gasteiger partial charge in [-0.2, -0.15) is 0 Å². The maximum atomic E-state index is 14.0. The molecule has 0 aliphatic carbocycles. The SMILES string of the molecule is CC(C)OC(=O)C[C@@H](C(=O)N1CCC[C@H]1c1ncc(-c2ccc(-c3[nH]c4ccccc4c3Cl)cc2)[nH]1)c1ccccc1. The quantitative estimate of drug-likeness (QED) is 0.184. The van der Waals surface area contributed by atoms with E-state index in [1.54, 1.807) is 0 Å². The number of fused-ring (bicyclic) bond motifs is 1. The van der Waals surface area contributed by atoms with Crippen LogP contribution in [-0.2, 0) is 14.3 Å². The average Bonchev–Trinajstić information content (AvgIpc) is 3.75. The summed E-state index contributed by atoms with van der Waals surface area (Å²) in [5, 5.41) is 1.71. The zero-order chi connectivity index (χ0) is 29.2. The molecule has 2 aromatic heterocycles. The molecule has 7 nitrogen and oxygen atoms in total. The molecule has 1 saturated heterocycles. The first-order valence-corrected chi connectivity index (χ1v) is 14.7. The standard InChI is InChI=1S/C34H33ClN4O3/c1-21(2)42-30(40)19-26(22-9-4-3-5-10-22)34(41)39-18-8-13-29(39)33-36-20-28(38-33)23-14-16-24(17-15-23)32-31(35)25-11-6-7-12-27(25)37-32/h3-7,9-12,14-17,20-21,26,29,37H,8,13,18-19H2,1-2H3,(H,36,38)/t26-,29+/m1/s1. The van der Waals surface area contributed by atoms with E-state index in [2.05, 4.69) is 9.97 Å². The van der Waals surface area contributed by atoms with Crippen LogP contribution in [0.2, 0.25) is 5.02 Å². The zero-order valence-electron chi connectivity index (χ0n) is 23.6. The number of benzene rings is 3. The number of carbonyl (C=O) groups is 2. The molecule has 1 fully saturated rings. The van der Waals surface area contributed by atoms with Crippen LogP contribution < -0.4 is 0 Å². The second-order valence-corrected chi connectivity index (χ2v) is 11.4. The number of amides is 1.